The molecule has 2 rings (SSSR count). The van der Waals surface area contributed by atoms with Crippen molar-refractivity contribution in [3.63, 3.8) is 0 Å². The number of halogens is 4. The van der Waals surface area contributed by atoms with E-state index in [1.165, 1.54) is 12.1 Å². The second-order valence-corrected chi connectivity index (χ2v) is 5.85. The molecule has 0 bridgehead atoms. The molecule has 1 atom stereocenters. The molecule has 2 N–H and O–H groups in total. The molecule has 0 aliphatic rings. The predicted octanol–water partition coefficient (Wildman–Crippen LogP) is 4.79. The van der Waals surface area contributed by atoms with E-state index in [0.717, 1.165) is 22.3 Å². The zero-order valence-electron chi connectivity index (χ0n) is 12.5. The molecule has 0 aliphatic carbocycles. The van der Waals surface area contributed by atoms with E-state index in [4.69, 9.17) is 0 Å². The van der Waals surface area contributed by atoms with Gasteiger partial charge in [-0.15, -0.1) is 13.2 Å². The second kappa shape index (κ2) is 7.57. The van der Waals surface area contributed by atoms with Crippen LogP contribution < -0.4 is 15.4 Å². The summed E-state index contributed by atoms with van der Waals surface area (Å²) in [5, 5.41) is 5.64. The Balaban J connectivity index is 1.92. The van der Waals surface area contributed by atoms with Crippen LogP contribution in [0.4, 0.5) is 24.5 Å². The Labute approximate surface area is 145 Å². The lowest BCUT2D eigenvalue weighted by Crippen LogP contribution is -2.31. The zero-order valence-corrected chi connectivity index (χ0v) is 14.1. The van der Waals surface area contributed by atoms with Crippen LogP contribution in [-0.2, 0) is 4.79 Å². The van der Waals surface area contributed by atoms with E-state index in [-0.39, 0.29) is 11.7 Å². The first-order valence-corrected chi connectivity index (χ1v) is 7.71. The molecular weight excluding hydrogens is 389 g/mol. The van der Waals surface area contributed by atoms with Gasteiger partial charge in [-0.25, -0.2) is 0 Å². The van der Waals surface area contributed by atoms with E-state index in [9.17, 15) is 18.0 Å². The SMILES string of the molecule is C[C@@H](Nc1ccc(Br)cc1)C(=O)Nc1ccc(OC(F)(F)F)cc1. The van der Waals surface area contributed by atoms with Crippen LogP contribution in [0.5, 0.6) is 5.75 Å². The van der Waals surface area contributed by atoms with Gasteiger partial charge in [0, 0.05) is 15.8 Å². The first-order chi connectivity index (χ1) is 11.2. The van der Waals surface area contributed by atoms with Crippen molar-refractivity contribution in [3.8, 4) is 5.75 Å². The topological polar surface area (TPSA) is 50.4 Å². The van der Waals surface area contributed by atoms with E-state index in [1.807, 2.05) is 24.3 Å². The van der Waals surface area contributed by atoms with Crippen molar-refractivity contribution in [2.24, 2.45) is 0 Å². The highest BCUT2D eigenvalue weighted by atomic mass is 79.9. The zero-order chi connectivity index (χ0) is 17.7. The minimum atomic E-state index is -4.74. The van der Waals surface area contributed by atoms with Crippen LogP contribution in [0.1, 0.15) is 6.92 Å². The standard InChI is InChI=1S/C16H14BrF3N2O2/c1-10(21-12-4-2-11(17)3-5-12)15(23)22-13-6-8-14(9-7-13)24-16(18,19)20/h2-10,21H,1H3,(H,22,23)/t10-/m1/s1. The molecule has 8 heteroatoms. The molecule has 0 fully saturated rings. The van der Waals surface area contributed by atoms with Crippen molar-refractivity contribution in [2.75, 3.05) is 10.6 Å². The summed E-state index contributed by atoms with van der Waals surface area (Å²) in [4.78, 5) is 12.1. The molecule has 128 valence electrons. The van der Waals surface area contributed by atoms with Gasteiger partial charge in [-0.1, -0.05) is 15.9 Å². The van der Waals surface area contributed by atoms with Crippen molar-refractivity contribution in [1.29, 1.82) is 0 Å². The molecule has 0 spiro atoms. The number of hydrogen-bond acceptors (Lipinski definition) is 3. The second-order valence-electron chi connectivity index (χ2n) is 4.93. The number of carbonyl (C=O) groups excluding carboxylic acids is 1. The predicted molar refractivity (Wildman–Crippen MR) is 89.0 cm³/mol. The molecule has 4 nitrogen and oxygen atoms in total. The smallest absolute Gasteiger partial charge is 0.406 e. The van der Waals surface area contributed by atoms with E-state index in [2.05, 4.69) is 31.3 Å². The Bertz CT molecular complexity index is 688. The summed E-state index contributed by atoms with van der Waals surface area (Å²) >= 11 is 3.32. The molecule has 0 radical (unpaired) electrons. The Hall–Kier alpha value is -2.22. The highest BCUT2D eigenvalue weighted by Gasteiger charge is 2.30. The van der Waals surface area contributed by atoms with Gasteiger partial charge >= 0.3 is 6.36 Å². The number of alkyl halides is 3. The average Bonchev–Trinajstić information content (AvgIpc) is 2.50. The fourth-order valence-electron chi connectivity index (χ4n) is 1.85. The summed E-state index contributed by atoms with van der Waals surface area (Å²) in [5.41, 5.74) is 1.15. The van der Waals surface area contributed by atoms with Gasteiger partial charge in [0.25, 0.3) is 0 Å². The molecule has 0 heterocycles. The molecule has 0 aliphatic heterocycles. The minimum absolute atomic E-state index is 0.317. The normalized spacial score (nSPS) is 12.4. The maximum absolute atomic E-state index is 12.1. The van der Waals surface area contributed by atoms with Gasteiger partial charge < -0.3 is 15.4 Å². The fourth-order valence-corrected chi connectivity index (χ4v) is 2.12. The van der Waals surface area contributed by atoms with Crippen molar-refractivity contribution < 1.29 is 22.7 Å². The number of anilines is 2. The van der Waals surface area contributed by atoms with Gasteiger partial charge in [0.05, 0.1) is 0 Å². The van der Waals surface area contributed by atoms with Crippen LogP contribution >= 0.6 is 15.9 Å². The van der Waals surface area contributed by atoms with Gasteiger partial charge in [0.2, 0.25) is 5.91 Å². The highest BCUT2D eigenvalue weighted by Crippen LogP contribution is 2.24. The van der Waals surface area contributed by atoms with Gasteiger partial charge in [-0.2, -0.15) is 0 Å². The van der Waals surface area contributed by atoms with Crippen LogP contribution in [0.15, 0.2) is 53.0 Å². The number of hydrogen-bond donors (Lipinski definition) is 2. The monoisotopic (exact) mass is 402 g/mol. The summed E-state index contributed by atoms with van der Waals surface area (Å²) in [6.45, 7) is 1.68. The van der Waals surface area contributed by atoms with E-state index >= 15 is 0 Å². The first-order valence-electron chi connectivity index (χ1n) is 6.92. The van der Waals surface area contributed by atoms with Crippen LogP contribution in [-0.4, -0.2) is 18.3 Å². The van der Waals surface area contributed by atoms with Crippen LogP contribution in [0.25, 0.3) is 0 Å². The summed E-state index contributed by atoms with van der Waals surface area (Å²) in [5.74, 6) is -0.663. The van der Waals surface area contributed by atoms with Gasteiger partial charge in [0.1, 0.15) is 11.8 Å². The minimum Gasteiger partial charge on any atom is -0.406 e. The van der Waals surface area contributed by atoms with Crippen LogP contribution in [0.2, 0.25) is 0 Å². The number of rotatable bonds is 5. The lowest BCUT2D eigenvalue weighted by Gasteiger charge is -2.16. The number of carbonyl (C=O) groups is 1. The maximum Gasteiger partial charge on any atom is 0.573 e. The molecule has 0 aromatic heterocycles. The first kappa shape index (κ1) is 18.1. The van der Waals surface area contributed by atoms with Gasteiger partial charge in [0.15, 0.2) is 0 Å². The van der Waals surface area contributed by atoms with Gasteiger partial charge in [-0.3, -0.25) is 4.79 Å². The molecule has 0 saturated heterocycles. The van der Waals surface area contributed by atoms with E-state index < -0.39 is 12.4 Å². The Kier molecular flexibility index (Phi) is 5.71. The summed E-state index contributed by atoms with van der Waals surface area (Å²) in [7, 11) is 0. The molecule has 1 amide bonds. The number of nitrogens with one attached hydrogen (secondary N) is 2. The van der Waals surface area contributed by atoms with Crippen molar-refractivity contribution >= 4 is 33.2 Å². The molecule has 2 aromatic rings. The molecule has 24 heavy (non-hydrogen) atoms. The van der Waals surface area contributed by atoms with Crippen LogP contribution in [0.3, 0.4) is 0 Å². The Morgan fingerprint density at radius 1 is 1.04 bits per heavy atom. The molecule has 2 aromatic carbocycles. The average molecular weight is 403 g/mol. The Morgan fingerprint density at radius 2 is 1.58 bits per heavy atom. The molecule has 0 saturated carbocycles. The number of benzene rings is 2. The largest absolute Gasteiger partial charge is 0.573 e. The van der Waals surface area contributed by atoms with Crippen LogP contribution in [0, 0.1) is 0 Å². The third kappa shape index (κ3) is 5.77. The van der Waals surface area contributed by atoms with Crippen molar-refractivity contribution in [2.45, 2.75) is 19.3 Å². The lowest BCUT2D eigenvalue weighted by molar-refractivity contribution is -0.274. The van der Waals surface area contributed by atoms with Crippen molar-refractivity contribution in [3.05, 3.63) is 53.0 Å². The van der Waals surface area contributed by atoms with Crippen molar-refractivity contribution in [1.82, 2.24) is 0 Å². The molecule has 0 unspecified atom stereocenters. The number of ether oxygens (including phenoxy) is 1. The van der Waals surface area contributed by atoms with E-state index in [0.29, 0.717) is 5.69 Å². The molecular formula is C16H14BrF3N2O2. The quantitative estimate of drug-likeness (QED) is 0.755. The Morgan fingerprint density at radius 3 is 2.12 bits per heavy atom. The third-order valence-corrected chi connectivity index (χ3v) is 3.50. The third-order valence-electron chi connectivity index (χ3n) is 2.98. The van der Waals surface area contributed by atoms with Gasteiger partial charge in [-0.05, 0) is 55.5 Å². The fraction of sp³-hybridized carbons (Fsp3) is 0.188. The van der Waals surface area contributed by atoms with E-state index in [1.54, 1.807) is 6.92 Å². The lowest BCUT2D eigenvalue weighted by atomic mass is 10.2. The highest BCUT2D eigenvalue weighted by molar-refractivity contribution is 9.10. The number of amides is 1. The maximum atomic E-state index is 12.1. The summed E-state index contributed by atoms with van der Waals surface area (Å²) in [6, 6.07) is 11.7. The summed E-state index contributed by atoms with van der Waals surface area (Å²) in [6.07, 6.45) is -4.74. The summed E-state index contributed by atoms with van der Waals surface area (Å²) < 4.78 is 41.0.